The van der Waals surface area contributed by atoms with Crippen LogP contribution in [0.15, 0.2) is 84.4 Å². The van der Waals surface area contributed by atoms with Crippen LogP contribution in [-0.4, -0.2) is 59.7 Å². The number of carbonyl (C=O) groups excluding carboxylic acids is 3. The van der Waals surface area contributed by atoms with E-state index in [1.165, 1.54) is 68.0 Å². The number of ether oxygens (including phenoxy) is 2. The second-order valence-corrected chi connectivity index (χ2v) is 14.4. The summed E-state index contributed by atoms with van der Waals surface area (Å²) in [6.07, 6.45) is 6.57. The molecule has 0 bridgehead atoms. The number of alkyl halides is 2. The van der Waals surface area contributed by atoms with E-state index in [9.17, 15) is 28.4 Å². The van der Waals surface area contributed by atoms with Crippen molar-refractivity contribution < 1.29 is 42.7 Å². The van der Waals surface area contributed by atoms with Crippen LogP contribution in [0.2, 0.25) is 0 Å². The van der Waals surface area contributed by atoms with E-state index in [-0.39, 0.29) is 19.6 Å². The van der Waals surface area contributed by atoms with Crippen molar-refractivity contribution in [1.82, 2.24) is 21.2 Å². The number of esters is 1. The van der Waals surface area contributed by atoms with E-state index in [0.29, 0.717) is 5.56 Å². The first-order chi connectivity index (χ1) is 26.7. The SMILES string of the molecule is CCCCNC(=C1CCC1)c1ccc(CC)cc1.CCON(O)C(F)(F)c1ccc(CC(NC(=O)OC(C)(C)C)C(=O)NCC(=O)OCc2ccccc2)cc1. The lowest BCUT2D eigenvalue weighted by molar-refractivity contribution is -0.456. The molecule has 0 aliphatic heterocycles. The first kappa shape index (κ1) is 45.5. The van der Waals surface area contributed by atoms with Crippen LogP contribution in [-0.2, 0) is 49.4 Å². The molecular formula is C43H58F2N4O7. The average Bonchev–Trinajstić information content (AvgIpc) is 3.15. The van der Waals surface area contributed by atoms with Crippen molar-refractivity contribution >= 4 is 23.7 Å². The second-order valence-electron chi connectivity index (χ2n) is 14.4. The van der Waals surface area contributed by atoms with E-state index in [0.717, 1.165) is 30.7 Å². The minimum Gasteiger partial charge on any atom is -0.460 e. The molecule has 4 N–H and O–H groups in total. The summed E-state index contributed by atoms with van der Waals surface area (Å²) < 4.78 is 39.0. The number of alkyl carbamates (subject to hydrolysis) is 1. The Morgan fingerprint density at radius 2 is 1.50 bits per heavy atom. The third-order valence-electron chi connectivity index (χ3n) is 8.68. The minimum atomic E-state index is -3.82. The quantitative estimate of drug-likeness (QED) is 0.0436. The predicted molar refractivity (Wildman–Crippen MR) is 211 cm³/mol. The molecule has 1 atom stereocenters. The molecule has 1 saturated carbocycles. The standard InChI is InChI=1S/C26H33F2N3O7.C17H25N/c1-5-37-31(35)26(27,28)20-13-11-18(12-14-20)15-21(30-24(34)38-25(2,3)4)23(33)29-16-22(32)36-17-19-9-7-6-8-10-19;1-3-5-13-18-17(15-7-6-8-15)16-11-9-14(4-2)10-12-16/h6-14,21,35H,5,15-17H2,1-4H3,(H,29,33)(H,30,34);9-12,18H,3-8,13H2,1-2H3. The summed E-state index contributed by atoms with van der Waals surface area (Å²) in [6, 6.07) is 17.8. The Kier molecular flexibility index (Phi) is 18.4. The zero-order valence-corrected chi connectivity index (χ0v) is 33.5. The Labute approximate surface area is 329 Å². The molecule has 0 heterocycles. The van der Waals surface area contributed by atoms with Gasteiger partial charge in [-0.2, -0.15) is 8.78 Å². The van der Waals surface area contributed by atoms with Crippen molar-refractivity contribution in [3.8, 4) is 0 Å². The molecule has 56 heavy (non-hydrogen) atoms. The topological polar surface area (TPSA) is 138 Å². The van der Waals surface area contributed by atoms with Crippen molar-refractivity contribution in [3.63, 3.8) is 0 Å². The molecule has 0 spiro atoms. The maximum atomic E-state index is 14.3. The van der Waals surface area contributed by atoms with Crippen molar-refractivity contribution in [3.05, 3.63) is 112 Å². The van der Waals surface area contributed by atoms with Crippen LogP contribution in [0.25, 0.3) is 5.70 Å². The van der Waals surface area contributed by atoms with E-state index >= 15 is 0 Å². The van der Waals surface area contributed by atoms with Gasteiger partial charge in [0.2, 0.25) is 5.91 Å². The van der Waals surface area contributed by atoms with Gasteiger partial charge in [-0.05, 0) is 87.6 Å². The van der Waals surface area contributed by atoms with Gasteiger partial charge in [0.15, 0.2) is 0 Å². The molecule has 0 aromatic heterocycles. The Balaban J connectivity index is 0.000000387. The predicted octanol–water partition coefficient (Wildman–Crippen LogP) is 8.21. The van der Waals surface area contributed by atoms with Gasteiger partial charge in [0.25, 0.3) is 0 Å². The van der Waals surface area contributed by atoms with Gasteiger partial charge in [0, 0.05) is 29.5 Å². The van der Waals surface area contributed by atoms with Gasteiger partial charge in [-0.3, -0.25) is 19.6 Å². The highest BCUT2D eigenvalue weighted by Crippen LogP contribution is 2.33. The lowest BCUT2D eigenvalue weighted by atomic mass is 9.88. The number of hydrogen-bond donors (Lipinski definition) is 4. The van der Waals surface area contributed by atoms with Crippen LogP contribution < -0.4 is 16.0 Å². The van der Waals surface area contributed by atoms with Crippen LogP contribution in [0.1, 0.15) is 101 Å². The molecule has 0 saturated heterocycles. The first-order valence-electron chi connectivity index (χ1n) is 19.3. The fourth-order valence-corrected chi connectivity index (χ4v) is 5.45. The van der Waals surface area contributed by atoms with Crippen molar-refractivity contribution in [1.29, 1.82) is 0 Å². The smallest absolute Gasteiger partial charge is 0.408 e. The number of rotatable bonds is 18. The Bertz CT molecular complexity index is 1690. The molecule has 1 aliphatic rings. The summed E-state index contributed by atoms with van der Waals surface area (Å²) in [5, 5.41) is 17.4. The van der Waals surface area contributed by atoms with E-state index in [4.69, 9.17) is 9.47 Å². The number of nitrogens with one attached hydrogen (secondary N) is 3. The van der Waals surface area contributed by atoms with Gasteiger partial charge < -0.3 is 25.4 Å². The van der Waals surface area contributed by atoms with E-state index in [2.05, 4.69) is 58.9 Å². The number of hydrogen-bond acceptors (Lipinski definition) is 9. The normalized spacial score (nSPS) is 13.1. The molecule has 3 aromatic rings. The third kappa shape index (κ3) is 15.4. The molecule has 306 valence electrons. The zero-order valence-electron chi connectivity index (χ0n) is 33.5. The minimum absolute atomic E-state index is 0.0285. The van der Waals surface area contributed by atoms with E-state index in [1.54, 1.807) is 50.6 Å². The van der Waals surface area contributed by atoms with Gasteiger partial charge in [-0.25, -0.2) is 4.79 Å². The summed E-state index contributed by atoms with van der Waals surface area (Å²) in [7, 11) is 0. The Hall–Kier alpha value is -4.85. The maximum Gasteiger partial charge on any atom is 0.408 e. The number of aryl methyl sites for hydroxylation is 1. The number of amides is 2. The number of halogens is 2. The van der Waals surface area contributed by atoms with Gasteiger partial charge in [0.05, 0.1) is 6.61 Å². The van der Waals surface area contributed by atoms with Crippen LogP contribution in [0, 0.1) is 0 Å². The van der Waals surface area contributed by atoms with Crippen molar-refractivity contribution in [2.45, 2.75) is 111 Å². The van der Waals surface area contributed by atoms with Crippen LogP contribution in [0.5, 0.6) is 0 Å². The molecule has 1 aliphatic carbocycles. The Morgan fingerprint density at radius 3 is 2.05 bits per heavy atom. The van der Waals surface area contributed by atoms with Gasteiger partial charge in [-0.1, -0.05) is 99.1 Å². The summed E-state index contributed by atoms with van der Waals surface area (Å²) >= 11 is 0. The lowest BCUT2D eigenvalue weighted by Gasteiger charge is -2.25. The lowest BCUT2D eigenvalue weighted by Crippen LogP contribution is -2.50. The number of carbonyl (C=O) groups is 3. The van der Waals surface area contributed by atoms with Gasteiger partial charge in [0.1, 0.15) is 24.8 Å². The van der Waals surface area contributed by atoms with Crippen LogP contribution in [0.3, 0.4) is 0 Å². The van der Waals surface area contributed by atoms with Gasteiger partial charge >= 0.3 is 18.1 Å². The molecule has 0 radical (unpaired) electrons. The van der Waals surface area contributed by atoms with Crippen molar-refractivity contribution in [2.24, 2.45) is 0 Å². The highest BCUT2D eigenvalue weighted by molar-refractivity contribution is 5.88. The van der Waals surface area contributed by atoms with Crippen molar-refractivity contribution in [2.75, 3.05) is 19.7 Å². The zero-order chi connectivity index (χ0) is 41.1. The van der Waals surface area contributed by atoms with Gasteiger partial charge in [-0.15, -0.1) is 0 Å². The second kappa shape index (κ2) is 22.6. The average molecular weight is 781 g/mol. The summed E-state index contributed by atoms with van der Waals surface area (Å²) in [5.41, 5.74) is 5.62. The molecular weight excluding hydrogens is 722 g/mol. The number of hydroxylamine groups is 2. The van der Waals surface area contributed by atoms with Crippen LogP contribution in [0.4, 0.5) is 13.6 Å². The number of unbranched alkanes of at least 4 members (excludes halogenated alkanes) is 1. The number of allylic oxidation sites excluding steroid dienone is 1. The third-order valence-corrected chi connectivity index (χ3v) is 8.68. The molecule has 3 aromatic carbocycles. The molecule has 1 unspecified atom stereocenters. The van der Waals surface area contributed by atoms with E-state index < -0.39 is 53.0 Å². The molecule has 13 heteroatoms. The molecule has 1 fully saturated rings. The maximum absolute atomic E-state index is 14.3. The molecule has 2 amide bonds. The summed E-state index contributed by atoms with van der Waals surface area (Å²) in [6.45, 7) is 11.3. The highest BCUT2D eigenvalue weighted by Gasteiger charge is 2.40. The summed E-state index contributed by atoms with van der Waals surface area (Å²) in [5.74, 6) is -1.40. The molecule has 11 nitrogen and oxygen atoms in total. The summed E-state index contributed by atoms with van der Waals surface area (Å²) in [4.78, 5) is 41.7. The van der Waals surface area contributed by atoms with E-state index in [1.807, 2.05) is 6.07 Å². The fraction of sp³-hybridized carbons (Fsp3) is 0.465. The number of benzene rings is 3. The first-order valence-corrected chi connectivity index (χ1v) is 19.3. The number of nitrogens with zero attached hydrogens (tertiary/aromatic N) is 1. The highest BCUT2D eigenvalue weighted by atomic mass is 19.3. The Morgan fingerprint density at radius 1 is 0.857 bits per heavy atom. The fourth-order valence-electron chi connectivity index (χ4n) is 5.45. The van der Waals surface area contributed by atoms with Crippen LogP contribution >= 0.6 is 0 Å². The monoisotopic (exact) mass is 780 g/mol. The molecule has 4 rings (SSSR count). The largest absolute Gasteiger partial charge is 0.460 e.